The maximum absolute atomic E-state index is 12.5. The van der Waals surface area contributed by atoms with Crippen molar-refractivity contribution in [3.63, 3.8) is 0 Å². The van der Waals surface area contributed by atoms with Crippen molar-refractivity contribution in [3.8, 4) is 0 Å². The molecule has 0 radical (unpaired) electrons. The van der Waals surface area contributed by atoms with Gasteiger partial charge in [-0.2, -0.15) is 0 Å². The van der Waals surface area contributed by atoms with Crippen LogP contribution in [-0.4, -0.2) is 74.8 Å². The Labute approximate surface area is 239 Å². The molecule has 1 amide bonds. The third kappa shape index (κ3) is 7.57. The van der Waals surface area contributed by atoms with E-state index in [1.165, 1.54) is 22.8 Å². The number of aromatic nitrogens is 1. The molecule has 0 saturated carbocycles. The lowest BCUT2D eigenvalue weighted by atomic mass is 9.90. The van der Waals surface area contributed by atoms with Crippen molar-refractivity contribution in [2.45, 2.75) is 34.1 Å². The van der Waals surface area contributed by atoms with E-state index in [4.69, 9.17) is 0 Å². The first kappa shape index (κ1) is 30.6. The summed E-state index contributed by atoms with van der Waals surface area (Å²) >= 11 is 0. The van der Waals surface area contributed by atoms with E-state index < -0.39 is 0 Å². The summed E-state index contributed by atoms with van der Waals surface area (Å²) in [5, 5.41) is 3.01. The number of carbonyl (C=O) groups excluding carboxylic acids is 2. The van der Waals surface area contributed by atoms with Gasteiger partial charge < -0.3 is 15.1 Å². The van der Waals surface area contributed by atoms with Crippen LogP contribution in [0.2, 0.25) is 0 Å². The van der Waals surface area contributed by atoms with Crippen molar-refractivity contribution < 1.29 is 9.59 Å². The average Bonchev–Trinajstić information content (AvgIpc) is 2.91. The highest BCUT2D eigenvalue weighted by Gasteiger charge is 2.19. The number of allylic oxidation sites excluding steroid dienone is 2. The van der Waals surface area contributed by atoms with E-state index in [-0.39, 0.29) is 5.91 Å². The van der Waals surface area contributed by atoms with Crippen LogP contribution >= 0.6 is 0 Å². The van der Waals surface area contributed by atoms with Gasteiger partial charge in [0, 0.05) is 88.8 Å². The lowest BCUT2D eigenvalue weighted by Gasteiger charge is -2.28. The standard InChI is InChI=1S/C33H43N5O2/c1-23(19-30-26(4)35-14-9-31(30)37(8)15-12-29(34-5)13-18-39)22-38-16-10-27(11-17-38)32-24(2)20-28(21-25(32)3)33(40)36(6)7/h9-10,12-15,18-21,34H,11,16-17,22H2,1-8H3/b15-12-,23-19+,29-13+. The van der Waals surface area contributed by atoms with Crippen molar-refractivity contribution in [3.05, 3.63) is 93.6 Å². The minimum absolute atomic E-state index is 0.0375. The molecule has 0 aliphatic carbocycles. The number of benzene rings is 1. The molecule has 212 valence electrons. The van der Waals surface area contributed by atoms with Gasteiger partial charge in [0.1, 0.15) is 6.29 Å². The van der Waals surface area contributed by atoms with Crippen molar-refractivity contribution >= 4 is 29.5 Å². The highest BCUT2D eigenvalue weighted by Crippen LogP contribution is 2.30. The number of pyridine rings is 1. The molecular formula is C33H43N5O2. The number of amides is 1. The van der Waals surface area contributed by atoms with Crippen LogP contribution in [-0.2, 0) is 4.79 Å². The normalized spacial score (nSPS) is 14.8. The Morgan fingerprint density at radius 1 is 1.15 bits per heavy atom. The topological polar surface area (TPSA) is 68.8 Å². The van der Waals surface area contributed by atoms with Crippen molar-refractivity contribution in [1.29, 1.82) is 0 Å². The van der Waals surface area contributed by atoms with Gasteiger partial charge in [-0.3, -0.25) is 19.5 Å². The SMILES string of the molecule is CNC(/C=C\N(C)c1ccnc(C)c1/C=C(\C)CN1CC=C(c2c(C)cc(C(=O)N(C)C)cc2C)CC1)=C/C=O. The third-order valence-corrected chi connectivity index (χ3v) is 7.22. The first-order valence-electron chi connectivity index (χ1n) is 13.7. The van der Waals surface area contributed by atoms with E-state index in [2.05, 4.69) is 48.1 Å². The molecule has 1 aliphatic heterocycles. The zero-order valence-electron chi connectivity index (χ0n) is 25.2. The number of anilines is 1. The number of nitrogens with one attached hydrogen (secondary N) is 1. The lowest BCUT2D eigenvalue weighted by Crippen LogP contribution is -2.30. The van der Waals surface area contributed by atoms with E-state index in [0.29, 0.717) is 0 Å². The molecule has 0 fully saturated rings. The van der Waals surface area contributed by atoms with Gasteiger partial charge in [-0.25, -0.2) is 0 Å². The molecule has 1 N–H and O–H groups in total. The summed E-state index contributed by atoms with van der Waals surface area (Å²) < 4.78 is 0. The Balaban J connectivity index is 1.75. The molecule has 3 rings (SSSR count). The number of aldehydes is 1. The summed E-state index contributed by atoms with van der Waals surface area (Å²) in [7, 11) is 7.36. The van der Waals surface area contributed by atoms with E-state index in [1.807, 2.05) is 55.5 Å². The lowest BCUT2D eigenvalue weighted by molar-refractivity contribution is -0.104. The van der Waals surface area contributed by atoms with Gasteiger partial charge in [0.15, 0.2) is 0 Å². The Bertz CT molecular complexity index is 1340. The first-order valence-corrected chi connectivity index (χ1v) is 13.7. The van der Waals surface area contributed by atoms with Crippen LogP contribution in [0.3, 0.4) is 0 Å². The smallest absolute Gasteiger partial charge is 0.253 e. The van der Waals surface area contributed by atoms with E-state index in [0.717, 1.165) is 71.7 Å². The van der Waals surface area contributed by atoms with E-state index in [9.17, 15) is 9.59 Å². The number of hydrogen-bond acceptors (Lipinski definition) is 6. The summed E-state index contributed by atoms with van der Waals surface area (Å²) in [6, 6.07) is 6.04. The predicted octanol–water partition coefficient (Wildman–Crippen LogP) is 5.15. The molecule has 0 saturated heterocycles. The van der Waals surface area contributed by atoms with Crippen LogP contribution in [0.25, 0.3) is 11.6 Å². The highest BCUT2D eigenvalue weighted by molar-refractivity contribution is 5.95. The summed E-state index contributed by atoms with van der Waals surface area (Å²) in [4.78, 5) is 34.0. The van der Waals surface area contributed by atoms with Gasteiger partial charge in [-0.05, 0) is 80.7 Å². The monoisotopic (exact) mass is 541 g/mol. The van der Waals surface area contributed by atoms with Crippen molar-refractivity contribution in [1.82, 2.24) is 20.1 Å². The van der Waals surface area contributed by atoms with Crippen LogP contribution in [0.5, 0.6) is 0 Å². The number of carbonyl (C=O) groups is 2. The maximum atomic E-state index is 12.5. The Kier molecular flexibility index (Phi) is 10.6. The van der Waals surface area contributed by atoms with Gasteiger partial charge in [0.05, 0.1) is 5.69 Å². The number of hydrogen-bond donors (Lipinski definition) is 1. The van der Waals surface area contributed by atoms with Gasteiger partial charge in [-0.1, -0.05) is 17.7 Å². The molecule has 0 unspecified atom stereocenters. The fourth-order valence-corrected chi connectivity index (χ4v) is 5.20. The van der Waals surface area contributed by atoms with Crippen LogP contribution in [0.15, 0.2) is 60.1 Å². The third-order valence-electron chi connectivity index (χ3n) is 7.22. The fraction of sp³-hybridized carbons (Fsp3) is 0.364. The van der Waals surface area contributed by atoms with Gasteiger partial charge in [0.2, 0.25) is 0 Å². The molecule has 0 spiro atoms. The summed E-state index contributed by atoms with van der Waals surface area (Å²) in [5.74, 6) is 0.0375. The largest absolute Gasteiger partial charge is 0.388 e. The number of nitrogens with zero attached hydrogens (tertiary/aromatic N) is 4. The second-order valence-electron chi connectivity index (χ2n) is 10.7. The molecule has 7 nitrogen and oxygen atoms in total. The Hall–Kier alpha value is -3.97. The van der Waals surface area contributed by atoms with Gasteiger partial charge in [-0.15, -0.1) is 0 Å². The van der Waals surface area contributed by atoms with E-state index >= 15 is 0 Å². The molecule has 0 atom stereocenters. The second-order valence-corrected chi connectivity index (χ2v) is 10.7. The summed E-state index contributed by atoms with van der Waals surface area (Å²) in [6.07, 6.45) is 13.5. The van der Waals surface area contributed by atoms with Crippen LogP contribution in [0, 0.1) is 20.8 Å². The minimum atomic E-state index is 0.0375. The fourth-order valence-electron chi connectivity index (χ4n) is 5.20. The van der Waals surface area contributed by atoms with Crippen LogP contribution in [0.4, 0.5) is 5.69 Å². The van der Waals surface area contributed by atoms with Crippen molar-refractivity contribution in [2.24, 2.45) is 0 Å². The number of likely N-dealkylation sites (N-methyl/N-ethyl adjacent to an activating group) is 1. The van der Waals surface area contributed by atoms with E-state index in [1.54, 1.807) is 26.0 Å². The molecular weight excluding hydrogens is 498 g/mol. The number of rotatable bonds is 10. The maximum Gasteiger partial charge on any atom is 0.253 e. The average molecular weight is 542 g/mol. The van der Waals surface area contributed by atoms with Gasteiger partial charge in [0.25, 0.3) is 5.91 Å². The quantitative estimate of drug-likeness (QED) is 0.255. The number of aryl methyl sites for hydroxylation is 3. The molecule has 1 aromatic carbocycles. The zero-order valence-corrected chi connectivity index (χ0v) is 25.2. The molecule has 1 aliphatic rings. The second kappa shape index (κ2) is 13.9. The summed E-state index contributed by atoms with van der Waals surface area (Å²) in [6.45, 7) is 11.1. The summed E-state index contributed by atoms with van der Waals surface area (Å²) in [5.41, 5.74) is 10.8. The molecule has 40 heavy (non-hydrogen) atoms. The zero-order chi connectivity index (χ0) is 29.4. The van der Waals surface area contributed by atoms with Gasteiger partial charge >= 0.3 is 0 Å². The predicted molar refractivity (Wildman–Crippen MR) is 166 cm³/mol. The molecule has 1 aromatic heterocycles. The highest BCUT2D eigenvalue weighted by atomic mass is 16.2. The van der Waals surface area contributed by atoms with Crippen molar-refractivity contribution in [2.75, 3.05) is 52.7 Å². The first-order chi connectivity index (χ1) is 19.0. The van der Waals surface area contributed by atoms with Crippen LogP contribution in [0.1, 0.15) is 51.7 Å². The Morgan fingerprint density at radius 2 is 1.85 bits per heavy atom. The minimum Gasteiger partial charge on any atom is -0.388 e. The Morgan fingerprint density at radius 3 is 2.42 bits per heavy atom. The molecule has 0 bridgehead atoms. The van der Waals surface area contributed by atoms with Crippen LogP contribution < -0.4 is 10.2 Å². The molecule has 7 heteroatoms. The molecule has 2 heterocycles. The molecule has 2 aromatic rings.